The first-order chi connectivity index (χ1) is 9.77. The molecule has 118 valence electrons. The lowest BCUT2D eigenvalue weighted by molar-refractivity contribution is -0.141. The highest BCUT2D eigenvalue weighted by Gasteiger charge is 2.35. The van der Waals surface area contributed by atoms with Gasteiger partial charge in [0, 0.05) is 37.2 Å². The summed E-state index contributed by atoms with van der Waals surface area (Å²) >= 11 is 0. The van der Waals surface area contributed by atoms with Gasteiger partial charge in [0.15, 0.2) is 5.69 Å². The van der Waals surface area contributed by atoms with Crippen molar-refractivity contribution in [1.29, 1.82) is 0 Å². The van der Waals surface area contributed by atoms with E-state index in [4.69, 9.17) is 5.73 Å². The summed E-state index contributed by atoms with van der Waals surface area (Å²) in [6.45, 7) is 2.79. The van der Waals surface area contributed by atoms with Crippen LogP contribution in [0.4, 0.5) is 13.2 Å². The quantitative estimate of drug-likeness (QED) is 0.895. The Balaban J connectivity index is 2.04. The number of alkyl halides is 3. The van der Waals surface area contributed by atoms with E-state index in [9.17, 15) is 18.0 Å². The zero-order valence-corrected chi connectivity index (χ0v) is 11.8. The second-order valence-corrected chi connectivity index (χ2v) is 5.57. The predicted octanol–water partition coefficient (Wildman–Crippen LogP) is 1.87. The molecule has 1 aliphatic rings. The van der Waals surface area contributed by atoms with Gasteiger partial charge in [-0.05, 0) is 25.8 Å². The summed E-state index contributed by atoms with van der Waals surface area (Å²) in [6, 6.07) is 0.811. The minimum Gasteiger partial charge on any atom is -0.342 e. The molecule has 1 aromatic heterocycles. The molecule has 5 nitrogen and oxygen atoms in total. The zero-order chi connectivity index (χ0) is 15.6. The summed E-state index contributed by atoms with van der Waals surface area (Å²) in [5, 5.41) is 5.76. The topological polar surface area (TPSA) is 75.0 Å². The van der Waals surface area contributed by atoms with E-state index in [2.05, 4.69) is 10.2 Å². The molecule has 8 heteroatoms. The zero-order valence-electron chi connectivity index (χ0n) is 11.8. The lowest BCUT2D eigenvalue weighted by Gasteiger charge is -2.32. The minimum absolute atomic E-state index is 0.0507. The van der Waals surface area contributed by atoms with Crippen LogP contribution in [0, 0.1) is 0 Å². The van der Waals surface area contributed by atoms with Crippen molar-refractivity contribution in [3.8, 4) is 0 Å². The van der Waals surface area contributed by atoms with Gasteiger partial charge in [0.05, 0.1) is 0 Å². The van der Waals surface area contributed by atoms with Crippen LogP contribution < -0.4 is 5.73 Å². The first-order valence-electron chi connectivity index (χ1n) is 6.93. The molecule has 0 saturated carbocycles. The monoisotopic (exact) mass is 304 g/mol. The molecule has 0 spiro atoms. The highest BCUT2D eigenvalue weighted by molar-refractivity contribution is 5.76. The molecule has 1 fully saturated rings. The fourth-order valence-corrected chi connectivity index (χ4v) is 2.55. The van der Waals surface area contributed by atoms with Gasteiger partial charge in [-0.2, -0.15) is 18.3 Å². The number of carbonyl (C=O) groups is 1. The SMILES string of the molecule is CC(N)CC(=O)N1CCCC(c2cc(C(F)(F)F)n[nH]2)C1. The minimum atomic E-state index is -4.45. The highest BCUT2D eigenvalue weighted by atomic mass is 19.4. The average molecular weight is 304 g/mol. The molecular formula is C13H19F3N4O. The average Bonchev–Trinajstić information content (AvgIpc) is 2.87. The van der Waals surface area contributed by atoms with E-state index in [1.807, 2.05) is 0 Å². The van der Waals surface area contributed by atoms with Crippen molar-refractivity contribution in [2.45, 2.75) is 44.3 Å². The van der Waals surface area contributed by atoms with Gasteiger partial charge in [0.25, 0.3) is 0 Å². The smallest absolute Gasteiger partial charge is 0.342 e. The van der Waals surface area contributed by atoms with Crippen molar-refractivity contribution >= 4 is 5.91 Å². The van der Waals surface area contributed by atoms with E-state index >= 15 is 0 Å². The number of rotatable bonds is 3. The molecule has 1 saturated heterocycles. The molecule has 1 aliphatic heterocycles. The van der Waals surface area contributed by atoms with Gasteiger partial charge in [0.1, 0.15) is 0 Å². The maximum atomic E-state index is 12.6. The molecule has 2 rings (SSSR count). The maximum absolute atomic E-state index is 12.6. The Labute approximate surface area is 120 Å². The molecule has 2 unspecified atom stereocenters. The number of H-pyrrole nitrogens is 1. The molecule has 3 N–H and O–H groups in total. The molecule has 1 amide bonds. The van der Waals surface area contributed by atoms with Crippen molar-refractivity contribution in [1.82, 2.24) is 15.1 Å². The standard InChI is InChI=1S/C13H19F3N4O/c1-8(17)5-12(21)20-4-2-3-9(7-20)10-6-11(19-18-10)13(14,15)16/h6,8-9H,2-5,7,17H2,1H3,(H,18,19). The third-order valence-corrected chi connectivity index (χ3v) is 3.60. The van der Waals surface area contributed by atoms with Crippen molar-refractivity contribution < 1.29 is 18.0 Å². The van der Waals surface area contributed by atoms with Crippen molar-refractivity contribution in [2.24, 2.45) is 5.73 Å². The Bertz CT molecular complexity index is 498. The molecule has 0 bridgehead atoms. The van der Waals surface area contributed by atoms with E-state index in [0.717, 1.165) is 18.9 Å². The van der Waals surface area contributed by atoms with Crippen LogP contribution in [-0.4, -0.2) is 40.1 Å². The molecule has 0 aromatic carbocycles. The first-order valence-corrected chi connectivity index (χ1v) is 6.93. The van der Waals surface area contributed by atoms with Crippen LogP contribution in [0.25, 0.3) is 0 Å². The molecule has 1 aromatic rings. The lowest BCUT2D eigenvalue weighted by Crippen LogP contribution is -2.41. The van der Waals surface area contributed by atoms with Gasteiger partial charge in [0.2, 0.25) is 5.91 Å². The molecule has 2 atom stereocenters. The van der Waals surface area contributed by atoms with E-state index in [1.165, 1.54) is 0 Å². The van der Waals surface area contributed by atoms with Gasteiger partial charge in [-0.25, -0.2) is 0 Å². The predicted molar refractivity (Wildman–Crippen MR) is 70.4 cm³/mol. The second kappa shape index (κ2) is 6.05. The fraction of sp³-hybridized carbons (Fsp3) is 0.692. The van der Waals surface area contributed by atoms with Crippen LogP contribution in [0.5, 0.6) is 0 Å². The number of piperidine rings is 1. The van der Waals surface area contributed by atoms with Gasteiger partial charge >= 0.3 is 6.18 Å². The Morgan fingerprint density at radius 1 is 1.62 bits per heavy atom. The Morgan fingerprint density at radius 2 is 2.33 bits per heavy atom. The van der Waals surface area contributed by atoms with Crippen molar-refractivity contribution in [3.05, 3.63) is 17.5 Å². The van der Waals surface area contributed by atoms with Crippen LogP contribution in [0.3, 0.4) is 0 Å². The summed E-state index contributed by atoms with van der Waals surface area (Å²) in [4.78, 5) is 13.7. The molecule has 0 aliphatic carbocycles. The van der Waals surface area contributed by atoms with Crippen LogP contribution in [0.2, 0.25) is 0 Å². The van der Waals surface area contributed by atoms with E-state index < -0.39 is 11.9 Å². The Morgan fingerprint density at radius 3 is 2.90 bits per heavy atom. The summed E-state index contributed by atoms with van der Waals surface area (Å²) in [7, 11) is 0. The number of aromatic nitrogens is 2. The normalized spacial score (nSPS) is 21.4. The van der Waals surface area contributed by atoms with Gasteiger partial charge in [-0.1, -0.05) is 0 Å². The number of nitrogens with zero attached hydrogens (tertiary/aromatic N) is 2. The van der Waals surface area contributed by atoms with Crippen LogP contribution >= 0.6 is 0 Å². The molecule has 0 radical (unpaired) electrons. The van der Waals surface area contributed by atoms with Crippen LogP contribution in [0.15, 0.2) is 6.07 Å². The van der Waals surface area contributed by atoms with E-state index in [0.29, 0.717) is 18.8 Å². The van der Waals surface area contributed by atoms with Crippen molar-refractivity contribution in [2.75, 3.05) is 13.1 Å². The first kappa shape index (κ1) is 15.8. The number of nitrogens with one attached hydrogen (secondary N) is 1. The molecule has 2 heterocycles. The largest absolute Gasteiger partial charge is 0.435 e. The fourth-order valence-electron chi connectivity index (χ4n) is 2.55. The third kappa shape index (κ3) is 3.96. The van der Waals surface area contributed by atoms with E-state index in [-0.39, 0.29) is 24.3 Å². The summed E-state index contributed by atoms with van der Waals surface area (Å²) in [5.41, 5.74) is 5.12. The Kier molecular flexibility index (Phi) is 4.55. The number of halogens is 3. The third-order valence-electron chi connectivity index (χ3n) is 3.60. The number of carbonyl (C=O) groups excluding carboxylic acids is 1. The second-order valence-electron chi connectivity index (χ2n) is 5.57. The molecular weight excluding hydrogens is 285 g/mol. The van der Waals surface area contributed by atoms with Gasteiger partial charge < -0.3 is 10.6 Å². The van der Waals surface area contributed by atoms with Gasteiger partial charge in [-0.15, -0.1) is 0 Å². The number of hydrogen-bond donors (Lipinski definition) is 2. The maximum Gasteiger partial charge on any atom is 0.435 e. The highest BCUT2D eigenvalue weighted by Crippen LogP contribution is 2.32. The van der Waals surface area contributed by atoms with E-state index in [1.54, 1.807) is 11.8 Å². The van der Waals surface area contributed by atoms with Gasteiger partial charge in [-0.3, -0.25) is 9.89 Å². The number of nitrogens with two attached hydrogens (primary N) is 1. The van der Waals surface area contributed by atoms with Crippen LogP contribution in [0.1, 0.15) is 43.5 Å². The number of amides is 1. The number of likely N-dealkylation sites (tertiary alicyclic amines) is 1. The summed E-state index contributed by atoms with van der Waals surface area (Å²) in [6.07, 6.45) is -2.70. The summed E-state index contributed by atoms with van der Waals surface area (Å²) in [5.74, 6) is -0.190. The number of aromatic amines is 1. The lowest BCUT2D eigenvalue weighted by atomic mass is 9.94. The Hall–Kier alpha value is -1.57. The van der Waals surface area contributed by atoms with Crippen LogP contribution in [-0.2, 0) is 11.0 Å². The number of hydrogen-bond acceptors (Lipinski definition) is 3. The summed E-state index contributed by atoms with van der Waals surface area (Å²) < 4.78 is 37.7. The van der Waals surface area contributed by atoms with Crippen molar-refractivity contribution in [3.63, 3.8) is 0 Å². The molecule has 21 heavy (non-hydrogen) atoms.